The van der Waals surface area contributed by atoms with Crippen LogP contribution < -0.4 is 0 Å². The summed E-state index contributed by atoms with van der Waals surface area (Å²) in [5.74, 6) is -1.03. The van der Waals surface area contributed by atoms with E-state index < -0.39 is 6.10 Å². The van der Waals surface area contributed by atoms with Crippen LogP contribution in [0.2, 0.25) is 0 Å². The van der Waals surface area contributed by atoms with Gasteiger partial charge in [-0.3, -0.25) is 14.4 Å². The van der Waals surface area contributed by atoms with E-state index in [0.717, 1.165) is 103 Å². The lowest BCUT2D eigenvalue weighted by Crippen LogP contribution is -2.30. The van der Waals surface area contributed by atoms with Gasteiger partial charge in [-0.1, -0.05) is 212 Å². The first-order valence-corrected chi connectivity index (χ1v) is 23.5. The molecule has 0 aromatic heterocycles. The summed E-state index contributed by atoms with van der Waals surface area (Å²) in [6, 6.07) is 0. The average molecular weight is 839 g/mol. The van der Waals surface area contributed by atoms with Crippen molar-refractivity contribution in [2.45, 2.75) is 168 Å². The Morgan fingerprint density at radius 1 is 0.344 bits per heavy atom. The highest BCUT2D eigenvalue weighted by Crippen LogP contribution is 2.11. The molecule has 61 heavy (non-hydrogen) atoms. The Morgan fingerprint density at radius 3 is 1.03 bits per heavy atom. The topological polar surface area (TPSA) is 78.9 Å². The van der Waals surface area contributed by atoms with Crippen molar-refractivity contribution in [3.05, 3.63) is 146 Å². The molecule has 0 radical (unpaired) electrons. The van der Waals surface area contributed by atoms with Crippen LogP contribution in [-0.4, -0.2) is 37.2 Å². The lowest BCUT2D eigenvalue weighted by Gasteiger charge is -2.18. The number of hydrogen-bond acceptors (Lipinski definition) is 6. The van der Waals surface area contributed by atoms with Gasteiger partial charge < -0.3 is 14.2 Å². The molecule has 0 aromatic rings. The van der Waals surface area contributed by atoms with Crippen molar-refractivity contribution in [1.29, 1.82) is 0 Å². The normalized spacial score (nSPS) is 13.4. The van der Waals surface area contributed by atoms with E-state index in [9.17, 15) is 14.4 Å². The third-order valence-corrected chi connectivity index (χ3v) is 9.09. The van der Waals surface area contributed by atoms with Gasteiger partial charge in [0.05, 0.1) is 0 Å². The SMILES string of the molecule is CC\C=C/C=C\C=C/C=C\C=C\C=C/C=C\CCCCCC(=O)OCC(COC(=O)CCCCC/C=C\C=C/CCCC)OC(=O)CCCCCCC\C=C/C=C\C=C/CC. The van der Waals surface area contributed by atoms with E-state index in [0.29, 0.717) is 12.8 Å². The minimum atomic E-state index is -0.824. The Labute approximate surface area is 372 Å². The average Bonchev–Trinajstić information content (AvgIpc) is 3.26. The van der Waals surface area contributed by atoms with Crippen LogP contribution in [0.5, 0.6) is 0 Å². The van der Waals surface area contributed by atoms with Gasteiger partial charge in [-0.15, -0.1) is 0 Å². The van der Waals surface area contributed by atoms with Crippen LogP contribution in [0.15, 0.2) is 146 Å². The van der Waals surface area contributed by atoms with E-state index in [1.165, 1.54) is 12.8 Å². The first-order chi connectivity index (χ1) is 30.0. The molecular formula is C55H82O6. The van der Waals surface area contributed by atoms with Crippen molar-refractivity contribution in [3.63, 3.8) is 0 Å². The highest BCUT2D eigenvalue weighted by atomic mass is 16.6. The second-order valence-electron chi connectivity index (χ2n) is 14.8. The van der Waals surface area contributed by atoms with E-state index in [2.05, 4.69) is 87.6 Å². The zero-order valence-electron chi connectivity index (χ0n) is 38.4. The smallest absolute Gasteiger partial charge is 0.306 e. The van der Waals surface area contributed by atoms with Crippen molar-refractivity contribution in [2.75, 3.05) is 13.2 Å². The molecule has 0 bridgehead atoms. The van der Waals surface area contributed by atoms with Crippen molar-refractivity contribution >= 4 is 17.9 Å². The summed E-state index contributed by atoms with van der Waals surface area (Å²) >= 11 is 0. The van der Waals surface area contributed by atoms with Crippen LogP contribution in [0.1, 0.15) is 162 Å². The number of hydrogen-bond donors (Lipinski definition) is 0. The van der Waals surface area contributed by atoms with Crippen LogP contribution in [0, 0.1) is 0 Å². The molecule has 0 heterocycles. The number of allylic oxidation sites excluding steroid dienone is 24. The quantitative estimate of drug-likeness (QED) is 0.0265. The van der Waals surface area contributed by atoms with Gasteiger partial charge in [0.1, 0.15) is 13.2 Å². The lowest BCUT2D eigenvalue weighted by atomic mass is 10.1. The van der Waals surface area contributed by atoms with Gasteiger partial charge in [0.15, 0.2) is 6.10 Å². The third kappa shape index (κ3) is 46.2. The summed E-state index contributed by atoms with van der Waals surface area (Å²) in [6.07, 6.45) is 68.2. The molecule has 1 atom stereocenters. The summed E-state index contributed by atoms with van der Waals surface area (Å²) in [4.78, 5) is 37.8. The van der Waals surface area contributed by atoms with E-state index in [1.54, 1.807) is 0 Å². The number of carbonyl (C=O) groups excluding carboxylic acids is 3. The van der Waals surface area contributed by atoms with E-state index in [-0.39, 0.29) is 44.0 Å². The van der Waals surface area contributed by atoms with E-state index in [1.807, 2.05) is 79.0 Å². The zero-order chi connectivity index (χ0) is 44.4. The molecule has 0 aliphatic heterocycles. The first-order valence-electron chi connectivity index (χ1n) is 23.5. The maximum atomic E-state index is 12.7. The molecule has 0 aromatic carbocycles. The summed E-state index contributed by atoms with van der Waals surface area (Å²) in [7, 11) is 0. The summed E-state index contributed by atoms with van der Waals surface area (Å²) < 4.78 is 16.6. The monoisotopic (exact) mass is 839 g/mol. The van der Waals surface area contributed by atoms with Gasteiger partial charge in [0, 0.05) is 19.3 Å². The molecule has 1 unspecified atom stereocenters. The lowest BCUT2D eigenvalue weighted by molar-refractivity contribution is -0.167. The molecule has 0 saturated carbocycles. The standard InChI is InChI=1S/C55H82O6/c1-4-7-10-13-16-19-22-24-25-26-27-28-29-31-33-36-39-42-45-48-54(57)60-51-52(50-59-53(56)47-44-41-38-35-32-21-18-15-12-9-6-3)61-55(58)49-46-43-40-37-34-30-23-20-17-14-11-8-5-2/h7-8,10-11,13-29,31-33,52H,4-6,9,12,30,34-51H2,1-3H3/b10-7-,11-8-,16-13-,17-14-,18-15-,22-19-,23-20-,25-24-,27-26+,29-28-,32-21-,33-31-. The van der Waals surface area contributed by atoms with Gasteiger partial charge in [-0.2, -0.15) is 0 Å². The maximum absolute atomic E-state index is 12.7. The highest BCUT2D eigenvalue weighted by Gasteiger charge is 2.19. The van der Waals surface area contributed by atoms with Gasteiger partial charge >= 0.3 is 17.9 Å². The van der Waals surface area contributed by atoms with Gasteiger partial charge in [-0.25, -0.2) is 0 Å². The third-order valence-electron chi connectivity index (χ3n) is 9.09. The molecule has 6 heteroatoms. The predicted octanol–water partition coefficient (Wildman–Crippen LogP) is 15.3. The maximum Gasteiger partial charge on any atom is 0.306 e. The Balaban J connectivity index is 4.58. The Morgan fingerprint density at radius 2 is 0.639 bits per heavy atom. The fraction of sp³-hybridized carbons (Fsp3) is 0.509. The summed E-state index contributed by atoms with van der Waals surface area (Å²) in [5, 5.41) is 0. The van der Waals surface area contributed by atoms with Crippen molar-refractivity contribution in [1.82, 2.24) is 0 Å². The minimum absolute atomic E-state index is 0.123. The van der Waals surface area contributed by atoms with Crippen LogP contribution in [0.3, 0.4) is 0 Å². The molecule has 0 rings (SSSR count). The van der Waals surface area contributed by atoms with Crippen LogP contribution in [-0.2, 0) is 28.6 Å². The fourth-order valence-corrected chi connectivity index (χ4v) is 5.58. The highest BCUT2D eigenvalue weighted by molar-refractivity contribution is 5.71. The number of esters is 3. The summed E-state index contributed by atoms with van der Waals surface area (Å²) in [6.45, 7) is 6.18. The molecule has 0 amide bonds. The van der Waals surface area contributed by atoms with Crippen LogP contribution >= 0.6 is 0 Å². The molecule has 6 nitrogen and oxygen atoms in total. The number of rotatable bonds is 39. The number of ether oxygens (including phenoxy) is 3. The van der Waals surface area contributed by atoms with Crippen molar-refractivity contribution in [3.8, 4) is 0 Å². The minimum Gasteiger partial charge on any atom is -0.462 e. The molecule has 338 valence electrons. The van der Waals surface area contributed by atoms with Crippen LogP contribution in [0.4, 0.5) is 0 Å². The van der Waals surface area contributed by atoms with Crippen LogP contribution in [0.25, 0.3) is 0 Å². The predicted molar refractivity (Wildman–Crippen MR) is 260 cm³/mol. The second kappa shape index (κ2) is 48.0. The van der Waals surface area contributed by atoms with E-state index in [4.69, 9.17) is 14.2 Å². The Hall–Kier alpha value is -4.71. The van der Waals surface area contributed by atoms with Gasteiger partial charge in [0.25, 0.3) is 0 Å². The van der Waals surface area contributed by atoms with Gasteiger partial charge in [-0.05, 0) is 77.0 Å². The number of unbranched alkanes of at least 4 members (excludes halogenated alkanes) is 13. The molecule has 0 N–H and O–H groups in total. The first kappa shape index (κ1) is 56.3. The number of carbonyl (C=O) groups is 3. The molecule has 0 saturated heterocycles. The Bertz CT molecular complexity index is 1430. The molecule has 0 fully saturated rings. The molecular weight excluding hydrogens is 757 g/mol. The van der Waals surface area contributed by atoms with Gasteiger partial charge in [0.2, 0.25) is 0 Å². The zero-order valence-corrected chi connectivity index (χ0v) is 38.4. The second-order valence-corrected chi connectivity index (χ2v) is 14.8. The van der Waals surface area contributed by atoms with E-state index >= 15 is 0 Å². The van der Waals surface area contributed by atoms with Crippen molar-refractivity contribution < 1.29 is 28.6 Å². The largest absolute Gasteiger partial charge is 0.462 e. The van der Waals surface area contributed by atoms with Crippen molar-refractivity contribution in [2.24, 2.45) is 0 Å². The summed E-state index contributed by atoms with van der Waals surface area (Å²) in [5.41, 5.74) is 0. The molecule has 0 aliphatic carbocycles. The molecule has 0 spiro atoms. The fourth-order valence-electron chi connectivity index (χ4n) is 5.58. The molecule has 0 aliphatic rings. The Kier molecular flexibility index (Phi) is 44.3.